The van der Waals surface area contributed by atoms with Crippen LogP contribution in [0.4, 0.5) is 0 Å². The van der Waals surface area contributed by atoms with Crippen LogP contribution in [0.15, 0.2) is 0 Å². The van der Waals surface area contributed by atoms with Gasteiger partial charge in [-0.25, -0.2) is 0 Å². The number of carboxylic acids is 2. The highest BCUT2D eigenvalue weighted by atomic mass is 16.4. The molecular weight excluding hydrogens is 208 g/mol. The van der Waals surface area contributed by atoms with E-state index in [-0.39, 0.29) is 12.8 Å². The average Bonchev–Trinajstić information content (AvgIpc) is 1.96. The molecule has 0 amide bonds. The summed E-state index contributed by atoms with van der Waals surface area (Å²) < 4.78 is 0. The number of hydrogen-bond acceptors (Lipinski definition) is 2. The van der Waals surface area contributed by atoms with Gasteiger partial charge in [0.1, 0.15) is 0 Å². The van der Waals surface area contributed by atoms with Crippen molar-refractivity contribution in [2.24, 2.45) is 11.3 Å². The van der Waals surface area contributed by atoms with E-state index in [4.69, 9.17) is 10.2 Å². The molecule has 0 saturated heterocycles. The first-order chi connectivity index (χ1) is 7.04. The van der Waals surface area contributed by atoms with Crippen LogP contribution < -0.4 is 0 Å². The first-order valence-electron chi connectivity index (χ1n) is 5.48. The summed E-state index contributed by atoms with van der Waals surface area (Å²) in [5.41, 5.74) is 0.522. The Morgan fingerprint density at radius 1 is 1.00 bits per heavy atom. The normalized spacial score (nSPS) is 10.6. The van der Waals surface area contributed by atoms with Gasteiger partial charge >= 0.3 is 11.9 Å². The summed E-state index contributed by atoms with van der Waals surface area (Å²) in [7, 11) is 0. The summed E-state index contributed by atoms with van der Waals surface area (Å²) in [6.45, 7) is 11.4. The number of carbonyl (C=O) groups is 2. The van der Waals surface area contributed by atoms with Gasteiger partial charge in [0.25, 0.3) is 0 Å². The number of aliphatic carboxylic acids is 2. The van der Waals surface area contributed by atoms with Crippen molar-refractivity contribution in [2.75, 3.05) is 0 Å². The highest BCUT2D eigenvalue weighted by molar-refractivity contribution is 5.75. The van der Waals surface area contributed by atoms with Gasteiger partial charge in [-0.1, -0.05) is 34.6 Å². The molecule has 4 heteroatoms. The number of rotatable bonds is 4. The monoisotopic (exact) mass is 232 g/mol. The predicted octanol–water partition coefficient (Wildman–Crippen LogP) is 3.01. The molecule has 16 heavy (non-hydrogen) atoms. The van der Waals surface area contributed by atoms with Crippen molar-refractivity contribution in [3.05, 3.63) is 0 Å². The van der Waals surface area contributed by atoms with Crippen LogP contribution in [0.1, 0.15) is 53.9 Å². The van der Waals surface area contributed by atoms with Crippen LogP contribution in [0.2, 0.25) is 0 Å². The van der Waals surface area contributed by atoms with Gasteiger partial charge in [0.15, 0.2) is 0 Å². The molecule has 0 aromatic carbocycles. The largest absolute Gasteiger partial charge is 0.481 e. The van der Waals surface area contributed by atoms with E-state index in [0.29, 0.717) is 5.41 Å². The van der Waals surface area contributed by atoms with E-state index in [0.717, 1.165) is 5.92 Å². The van der Waals surface area contributed by atoms with E-state index >= 15 is 0 Å². The van der Waals surface area contributed by atoms with E-state index in [1.165, 1.54) is 6.42 Å². The highest BCUT2D eigenvalue weighted by Crippen LogP contribution is 2.23. The van der Waals surface area contributed by atoms with Crippen LogP contribution in [0.3, 0.4) is 0 Å². The molecule has 0 spiro atoms. The summed E-state index contributed by atoms with van der Waals surface area (Å²) in [5.74, 6) is -1.31. The summed E-state index contributed by atoms with van der Waals surface area (Å²) >= 11 is 0. The maximum Gasteiger partial charge on any atom is 0.303 e. The number of carboxylic acid groups (broad SMARTS) is 2. The van der Waals surface area contributed by atoms with E-state index in [1.807, 2.05) is 0 Å². The van der Waals surface area contributed by atoms with Gasteiger partial charge in [0.05, 0.1) is 12.8 Å². The molecule has 0 atom stereocenters. The molecule has 0 rings (SSSR count). The zero-order valence-corrected chi connectivity index (χ0v) is 10.9. The van der Waals surface area contributed by atoms with Crippen molar-refractivity contribution in [1.82, 2.24) is 0 Å². The van der Waals surface area contributed by atoms with Crippen molar-refractivity contribution in [3.8, 4) is 0 Å². The SMILES string of the molecule is CC(C)CC(C)(C)C.O=C(O)CCC(=O)O. The van der Waals surface area contributed by atoms with Crippen LogP contribution >= 0.6 is 0 Å². The quantitative estimate of drug-likeness (QED) is 0.781. The first-order valence-corrected chi connectivity index (χ1v) is 5.48. The fourth-order valence-corrected chi connectivity index (χ4v) is 1.44. The molecule has 0 heterocycles. The fraction of sp³-hybridized carbons (Fsp3) is 0.833. The third-order valence-electron chi connectivity index (χ3n) is 1.57. The Bertz CT molecular complexity index is 200. The van der Waals surface area contributed by atoms with Gasteiger partial charge in [-0.15, -0.1) is 0 Å². The Balaban J connectivity index is 0. The van der Waals surface area contributed by atoms with E-state index < -0.39 is 11.9 Å². The molecule has 0 fully saturated rings. The minimum atomic E-state index is -1.08. The Kier molecular flexibility index (Phi) is 8.81. The molecule has 0 aromatic heterocycles. The van der Waals surface area contributed by atoms with Gasteiger partial charge in [-0.2, -0.15) is 0 Å². The van der Waals surface area contributed by atoms with Crippen molar-refractivity contribution in [2.45, 2.75) is 53.9 Å². The molecule has 2 N–H and O–H groups in total. The van der Waals surface area contributed by atoms with Crippen molar-refractivity contribution in [1.29, 1.82) is 0 Å². The minimum Gasteiger partial charge on any atom is -0.481 e. The lowest BCUT2D eigenvalue weighted by Crippen LogP contribution is -2.08. The molecule has 0 aromatic rings. The number of hydrogen-bond donors (Lipinski definition) is 2. The van der Waals surface area contributed by atoms with Crippen LogP contribution in [-0.2, 0) is 9.59 Å². The second-order valence-corrected chi connectivity index (χ2v) is 5.45. The Morgan fingerprint density at radius 3 is 1.38 bits per heavy atom. The van der Waals surface area contributed by atoms with Gasteiger partial charge in [-0.3, -0.25) is 9.59 Å². The molecule has 0 bridgehead atoms. The summed E-state index contributed by atoms with van der Waals surface area (Å²) in [6, 6.07) is 0. The second kappa shape index (κ2) is 8.13. The van der Waals surface area contributed by atoms with Gasteiger partial charge in [-0.05, 0) is 17.8 Å². The zero-order chi connectivity index (χ0) is 13.4. The van der Waals surface area contributed by atoms with E-state index in [1.54, 1.807) is 0 Å². The predicted molar refractivity (Wildman–Crippen MR) is 63.4 cm³/mol. The molecule has 0 unspecified atom stereocenters. The van der Waals surface area contributed by atoms with Crippen LogP contribution in [0.5, 0.6) is 0 Å². The van der Waals surface area contributed by atoms with Crippen LogP contribution in [0, 0.1) is 11.3 Å². The fourth-order valence-electron chi connectivity index (χ4n) is 1.44. The minimum absolute atomic E-state index is 0.296. The molecule has 0 radical (unpaired) electrons. The zero-order valence-electron chi connectivity index (χ0n) is 10.9. The molecule has 96 valence electrons. The Morgan fingerprint density at radius 2 is 1.31 bits per heavy atom. The van der Waals surface area contributed by atoms with Crippen molar-refractivity contribution < 1.29 is 19.8 Å². The first kappa shape index (κ1) is 17.3. The molecule has 0 saturated carbocycles. The van der Waals surface area contributed by atoms with Gasteiger partial charge < -0.3 is 10.2 Å². The van der Waals surface area contributed by atoms with Crippen molar-refractivity contribution >= 4 is 11.9 Å². The Labute approximate surface area is 97.7 Å². The molecule has 4 nitrogen and oxygen atoms in total. The second-order valence-electron chi connectivity index (χ2n) is 5.45. The lowest BCUT2D eigenvalue weighted by Gasteiger charge is -2.19. The molecular formula is C12H24O4. The maximum absolute atomic E-state index is 9.64. The molecule has 0 aliphatic carbocycles. The highest BCUT2D eigenvalue weighted by Gasteiger charge is 2.11. The molecule has 0 aliphatic rings. The van der Waals surface area contributed by atoms with E-state index in [9.17, 15) is 9.59 Å². The van der Waals surface area contributed by atoms with Crippen LogP contribution in [-0.4, -0.2) is 22.2 Å². The summed E-state index contributed by atoms with van der Waals surface area (Å²) in [5, 5.41) is 15.8. The standard InChI is InChI=1S/C8H18.C4H6O4/c1-7(2)6-8(3,4)5;5-3(6)1-2-4(7)8/h7H,6H2,1-5H3;1-2H2,(H,5,6)(H,7,8). The third-order valence-corrected chi connectivity index (χ3v) is 1.57. The lowest BCUT2D eigenvalue weighted by molar-refractivity contribution is -0.143. The lowest BCUT2D eigenvalue weighted by atomic mass is 9.86. The van der Waals surface area contributed by atoms with Crippen molar-refractivity contribution in [3.63, 3.8) is 0 Å². The summed E-state index contributed by atoms with van der Waals surface area (Å²) in [6.07, 6.45) is 0.734. The topological polar surface area (TPSA) is 74.6 Å². The smallest absolute Gasteiger partial charge is 0.303 e. The Hall–Kier alpha value is -1.06. The van der Waals surface area contributed by atoms with Gasteiger partial charge in [0, 0.05) is 0 Å². The average molecular weight is 232 g/mol. The molecule has 0 aliphatic heterocycles. The maximum atomic E-state index is 9.64. The van der Waals surface area contributed by atoms with Gasteiger partial charge in [0.2, 0.25) is 0 Å². The van der Waals surface area contributed by atoms with E-state index in [2.05, 4.69) is 34.6 Å². The van der Waals surface area contributed by atoms with Crippen LogP contribution in [0.25, 0.3) is 0 Å². The summed E-state index contributed by atoms with van der Waals surface area (Å²) in [4.78, 5) is 19.3. The third kappa shape index (κ3) is 23.1.